The fourth-order valence-corrected chi connectivity index (χ4v) is 4.47. The number of carbonyl (C=O) groups is 2. The largest absolute Gasteiger partial charge is 0.385 e. The summed E-state index contributed by atoms with van der Waals surface area (Å²) in [6.45, 7) is 10.5. The third kappa shape index (κ3) is 7.58. The summed E-state index contributed by atoms with van der Waals surface area (Å²) in [5.74, 6) is 0.982. The van der Waals surface area contributed by atoms with Crippen LogP contribution in [0.15, 0.2) is 43.1 Å². The van der Waals surface area contributed by atoms with E-state index in [1.54, 1.807) is 20.4 Å². The highest BCUT2D eigenvalue weighted by Crippen LogP contribution is 2.26. The lowest BCUT2D eigenvalue weighted by atomic mass is 9.99. The van der Waals surface area contributed by atoms with Crippen molar-refractivity contribution in [2.24, 2.45) is 0 Å². The zero-order chi connectivity index (χ0) is 26.6. The fourth-order valence-electron chi connectivity index (χ4n) is 4.47. The van der Waals surface area contributed by atoms with Crippen LogP contribution >= 0.6 is 0 Å². The van der Waals surface area contributed by atoms with Crippen molar-refractivity contribution < 1.29 is 19.1 Å². The van der Waals surface area contributed by atoms with Crippen LogP contribution in [0.3, 0.4) is 0 Å². The number of hydrogen-bond donors (Lipinski definition) is 1. The predicted molar refractivity (Wildman–Crippen MR) is 143 cm³/mol. The number of nitrogens with one attached hydrogen (secondary N) is 1. The van der Waals surface area contributed by atoms with Gasteiger partial charge in [-0.2, -0.15) is 4.98 Å². The van der Waals surface area contributed by atoms with E-state index in [-0.39, 0.29) is 11.9 Å². The van der Waals surface area contributed by atoms with Gasteiger partial charge in [-0.15, -0.1) is 0 Å². The van der Waals surface area contributed by atoms with Crippen LogP contribution in [0.5, 0.6) is 0 Å². The fraction of sp³-hybridized carbons (Fsp3) is 0.481. The maximum Gasteiger partial charge on any atom is 0.246 e. The van der Waals surface area contributed by atoms with E-state index in [9.17, 15) is 9.59 Å². The second-order valence-corrected chi connectivity index (χ2v) is 8.82. The van der Waals surface area contributed by atoms with Gasteiger partial charge in [0, 0.05) is 77.9 Å². The van der Waals surface area contributed by atoms with Crippen LogP contribution in [0.1, 0.15) is 36.1 Å². The van der Waals surface area contributed by atoms with E-state index in [0.717, 1.165) is 37.0 Å². The molecule has 1 aliphatic heterocycles. The molecule has 0 radical (unpaired) electrons. The Hall–Kier alpha value is -3.34. The number of anilines is 2. The number of methoxy groups -OCH3 is 2. The lowest BCUT2D eigenvalue weighted by Gasteiger charge is -2.39. The van der Waals surface area contributed by atoms with Crippen molar-refractivity contribution in [2.75, 3.05) is 63.8 Å². The lowest BCUT2D eigenvalue weighted by molar-refractivity contribution is -0.128. The highest BCUT2D eigenvalue weighted by Gasteiger charge is 2.26. The van der Waals surface area contributed by atoms with Gasteiger partial charge in [-0.3, -0.25) is 19.4 Å². The summed E-state index contributed by atoms with van der Waals surface area (Å²) in [5, 5.41) is 3.26. The van der Waals surface area contributed by atoms with E-state index in [0.29, 0.717) is 51.2 Å². The molecule has 2 heterocycles. The van der Waals surface area contributed by atoms with Crippen molar-refractivity contribution >= 4 is 24.1 Å². The van der Waals surface area contributed by atoms with Crippen LogP contribution in [0, 0.1) is 0 Å². The van der Waals surface area contributed by atoms with Gasteiger partial charge in [-0.05, 0) is 30.5 Å². The van der Waals surface area contributed by atoms with Gasteiger partial charge in [-0.1, -0.05) is 30.8 Å². The summed E-state index contributed by atoms with van der Waals surface area (Å²) in [5.41, 5.74) is 3.06. The average Bonchev–Trinajstić information content (AvgIpc) is 2.94. The van der Waals surface area contributed by atoms with Crippen molar-refractivity contribution in [1.82, 2.24) is 19.8 Å². The Bertz CT molecular complexity index is 1020. The van der Waals surface area contributed by atoms with Gasteiger partial charge >= 0.3 is 0 Å². The number of piperazine rings is 1. The number of benzene rings is 1. The Morgan fingerprint density at radius 3 is 2.51 bits per heavy atom. The molecule has 1 aromatic carbocycles. The topological polar surface area (TPSA) is 100 Å². The molecule has 0 aliphatic carbocycles. The molecule has 37 heavy (non-hydrogen) atoms. The van der Waals surface area contributed by atoms with E-state index in [4.69, 9.17) is 9.47 Å². The summed E-state index contributed by atoms with van der Waals surface area (Å²) in [6.07, 6.45) is 4.71. The maximum atomic E-state index is 11.9. The number of hydrogen-bond acceptors (Lipinski definition) is 8. The first-order valence-corrected chi connectivity index (χ1v) is 12.6. The number of nitrogens with zero attached hydrogens (tertiary/aromatic N) is 5. The molecule has 1 N–H and O–H groups in total. The predicted octanol–water partition coefficient (Wildman–Crippen LogP) is 2.63. The molecule has 2 aromatic rings. The third-order valence-corrected chi connectivity index (χ3v) is 6.53. The van der Waals surface area contributed by atoms with E-state index >= 15 is 0 Å². The second kappa shape index (κ2) is 14.4. The quantitative estimate of drug-likeness (QED) is 0.306. The van der Waals surface area contributed by atoms with E-state index in [2.05, 4.69) is 51.0 Å². The van der Waals surface area contributed by atoms with Crippen LogP contribution in [-0.4, -0.2) is 85.6 Å². The highest BCUT2D eigenvalue weighted by molar-refractivity contribution is 5.87. The smallest absolute Gasteiger partial charge is 0.246 e. The second-order valence-electron chi connectivity index (χ2n) is 8.82. The number of ether oxygens (including phenoxy) is 2. The van der Waals surface area contributed by atoms with Crippen LogP contribution in [0.4, 0.5) is 11.8 Å². The number of carbonyl (C=O) groups excluding carboxylic acids is 2. The van der Waals surface area contributed by atoms with Gasteiger partial charge in [-0.25, -0.2) is 4.98 Å². The monoisotopic (exact) mass is 510 g/mol. The maximum absolute atomic E-state index is 11.9. The van der Waals surface area contributed by atoms with Gasteiger partial charge in [0.1, 0.15) is 5.82 Å². The van der Waals surface area contributed by atoms with E-state index in [1.807, 2.05) is 11.8 Å². The molecule has 3 rings (SSSR count). The van der Waals surface area contributed by atoms with Crippen molar-refractivity contribution in [2.45, 2.75) is 32.5 Å². The van der Waals surface area contributed by atoms with Gasteiger partial charge in [0.2, 0.25) is 18.3 Å². The molecule has 1 aliphatic rings. The first-order valence-electron chi connectivity index (χ1n) is 12.6. The molecule has 200 valence electrons. The standard InChI is InChI=1S/C27H38N6O4/c1-5-25(35)33-14-12-32(13-15-33)24(11-16-36-3)22-9-7-21(8-10-22)17-28-27-29-18-23(19-37-4)26(30-27)31(6-2)20-34/h5,7-10,18,20,24H,1,6,11-17,19H2,2-4H3,(H,28,29,30). The van der Waals surface area contributed by atoms with E-state index < -0.39 is 0 Å². The minimum Gasteiger partial charge on any atom is -0.385 e. The Morgan fingerprint density at radius 2 is 1.92 bits per heavy atom. The molecule has 0 spiro atoms. The van der Waals surface area contributed by atoms with Crippen LogP contribution < -0.4 is 10.2 Å². The molecule has 1 aromatic heterocycles. The number of amides is 2. The molecule has 0 bridgehead atoms. The Balaban J connectivity index is 1.67. The molecular weight excluding hydrogens is 472 g/mol. The zero-order valence-electron chi connectivity index (χ0n) is 22.1. The van der Waals surface area contributed by atoms with Crippen LogP contribution in [-0.2, 0) is 32.2 Å². The summed E-state index contributed by atoms with van der Waals surface area (Å²) in [6, 6.07) is 8.72. The molecule has 1 atom stereocenters. The number of aromatic nitrogens is 2. The normalized spacial score (nSPS) is 14.7. The third-order valence-electron chi connectivity index (χ3n) is 6.53. The first kappa shape index (κ1) is 28.2. The van der Waals surface area contributed by atoms with Crippen LogP contribution in [0.25, 0.3) is 0 Å². The van der Waals surface area contributed by atoms with Gasteiger partial charge in [0.25, 0.3) is 0 Å². The summed E-state index contributed by atoms with van der Waals surface area (Å²) in [7, 11) is 3.32. The minimum atomic E-state index is -0.0112. The summed E-state index contributed by atoms with van der Waals surface area (Å²) < 4.78 is 10.6. The Kier molecular flexibility index (Phi) is 11.0. The molecule has 10 nitrogen and oxygen atoms in total. The summed E-state index contributed by atoms with van der Waals surface area (Å²) >= 11 is 0. The summed E-state index contributed by atoms with van der Waals surface area (Å²) in [4.78, 5) is 38.2. The molecular formula is C27H38N6O4. The SMILES string of the molecule is C=CC(=O)N1CCN(C(CCOC)c2ccc(CNc3ncc(COC)c(N(C=O)CC)n3)cc2)CC1. The van der Waals surface area contributed by atoms with Crippen molar-refractivity contribution in [1.29, 1.82) is 0 Å². The molecule has 2 amide bonds. The van der Waals surface area contributed by atoms with Gasteiger partial charge in [0.05, 0.1) is 6.61 Å². The minimum absolute atomic E-state index is 0.0112. The molecule has 1 fully saturated rings. The average molecular weight is 511 g/mol. The first-order chi connectivity index (χ1) is 18.0. The van der Waals surface area contributed by atoms with Gasteiger partial charge in [0.15, 0.2) is 0 Å². The van der Waals surface area contributed by atoms with Crippen LogP contribution in [0.2, 0.25) is 0 Å². The molecule has 10 heteroatoms. The van der Waals surface area contributed by atoms with Crippen molar-refractivity contribution in [3.8, 4) is 0 Å². The van der Waals surface area contributed by atoms with Crippen molar-refractivity contribution in [3.63, 3.8) is 0 Å². The Labute approximate surface area is 219 Å². The van der Waals surface area contributed by atoms with Crippen molar-refractivity contribution in [3.05, 3.63) is 59.8 Å². The highest BCUT2D eigenvalue weighted by atomic mass is 16.5. The Morgan fingerprint density at radius 1 is 1.19 bits per heavy atom. The van der Waals surface area contributed by atoms with Gasteiger partial charge < -0.3 is 19.7 Å². The lowest BCUT2D eigenvalue weighted by Crippen LogP contribution is -2.49. The van der Waals surface area contributed by atoms with E-state index in [1.165, 1.54) is 16.5 Å². The molecule has 1 unspecified atom stereocenters. The zero-order valence-corrected chi connectivity index (χ0v) is 22.1. The molecule has 0 saturated carbocycles. The molecule has 1 saturated heterocycles. The number of rotatable bonds is 14.